The van der Waals surface area contributed by atoms with Crippen molar-refractivity contribution in [1.29, 1.82) is 0 Å². The zero-order valence-electron chi connectivity index (χ0n) is 16.4. The highest BCUT2D eigenvalue weighted by atomic mass is 32.1. The molecule has 150 valence electrons. The van der Waals surface area contributed by atoms with Crippen LogP contribution in [0.15, 0.2) is 53.7 Å². The molecule has 0 radical (unpaired) electrons. The monoisotopic (exact) mass is 433 g/mol. The van der Waals surface area contributed by atoms with Gasteiger partial charge in [0.15, 0.2) is 11.6 Å². The molecule has 3 aromatic heterocycles. The molecule has 1 aromatic carbocycles. The molecule has 4 heterocycles. The van der Waals surface area contributed by atoms with E-state index in [1.165, 1.54) is 16.2 Å². The van der Waals surface area contributed by atoms with E-state index in [0.717, 1.165) is 27.9 Å². The molecule has 4 aromatic rings. The van der Waals surface area contributed by atoms with Gasteiger partial charge in [0, 0.05) is 28.9 Å². The first-order valence-corrected chi connectivity index (χ1v) is 11.4. The zero-order valence-corrected chi connectivity index (χ0v) is 18.0. The summed E-state index contributed by atoms with van der Waals surface area (Å²) in [6.45, 7) is 7.00. The summed E-state index contributed by atoms with van der Waals surface area (Å²) in [6.07, 6.45) is 1.73. The van der Waals surface area contributed by atoms with Crippen molar-refractivity contribution < 1.29 is 4.79 Å². The first-order valence-electron chi connectivity index (χ1n) is 9.62. The fraction of sp³-hybridized carbons (Fsp3) is 0.182. The molecule has 1 atom stereocenters. The van der Waals surface area contributed by atoms with Crippen LogP contribution < -0.4 is 0 Å². The predicted molar refractivity (Wildman–Crippen MR) is 120 cm³/mol. The first kappa shape index (κ1) is 18.9. The van der Waals surface area contributed by atoms with Gasteiger partial charge in [-0.05, 0) is 42.1 Å². The molecule has 6 nitrogen and oxygen atoms in total. The number of thiophene rings is 1. The summed E-state index contributed by atoms with van der Waals surface area (Å²) in [6, 6.07) is 11.8. The molecule has 1 amide bonds. The highest BCUT2D eigenvalue weighted by Crippen LogP contribution is 2.31. The lowest BCUT2D eigenvalue weighted by molar-refractivity contribution is 0.0638. The summed E-state index contributed by atoms with van der Waals surface area (Å²) in [5.41, 5.74) is 2.61. The molecular weight excluding hydrogens is 414 g/mol. The average molecular weight is 434 g/mol. The number of carbonyl (C=O) groups is 1. The van der Waals surface area contributed by atoms with Crippen molar-refractivity contribution in [3.8, 4) is 22.0 Å². The van der Waals surface area contributed by atoms with Crippen LogP contribution >= 0.6 is 22.7 Å². The highest BCUT2D eigenvalue weighted by Gasteiger charge is 2.32. The molecule has 0 fully saturated rings. The fourth-order valence-corrected chi connectivity index (χ4v) is 5.09. The van der Waals surface area contributed by atoms with Gasteiger partial charge in [-0.25, -0.2) is 4.98 Å². The van der Waals surface area contributed by atoms with Crippen molar-refractivity contribution in [2.45, 2.75) is 19.5 Å². The maximum atomic E-state index is 13.2. The molecule has 0 saturated carbocycles. The topological polar surface area (TPSA) is 63.9 Å². The molecule has 1 aliphatic rings. The molecule has 0 aliphatic carbocycles. The summed E-state index contributed by atoms with van der Waals surface area (Å²) in [7, 11) is 0. The van der Waals surface area contributed by atoms with E-state index < -0.39 is 0 Å². The van der Waals surface area contributed by atoms with E-state index in [9.17, 15) is 4.79 Å². The summed E-state index contributed by atoms with van der Waals surface area (Å²) in [4.78, 5) is 20.8. The third-order valence-corrected chi connectivity index (χ3v) is 7.07. The van der Waals surface area contributed by atoms with Crippen molar-refractivity contribution in [3.63, 3.8) is 0 Å². The van der Waals surface area contributed by atoms with Crippen LogP contribution in [0.1, 0.15) is 34.2 Å². The van der Waals surface area contributed by atoms with Gasteiger partial charge >= 0.3 is 0 Å². The Morgan fingerprint density at radius 2 is 2.00 bits per heavy atom. The SMILES string of the molecule is C=Cc1nc(-c2nnc3n2CCN(C(=O)c2ccc(-c4cccs4)cc2)C3C)cs1. The number of amides is 1. The van der Waals surface area contributed by atoms with Crippen molar-refractivity contribution >= 4 is 34.7 Å². The smallest absolute Gasteiger partial charge is 0.254 e. The first-order chi connectivity index (χ1) is 14.7. The predicted octanol–water partition coefficient (Wildman–Crippen LogP) is 4.99. The second kappa shape index (κ2) is 7.62. The Labute approximate surface area is 182 Å². The van der Waals surface area contributed by atoms with Crippen LogP contribution in [0.2, 0.25) is 0 Å². The molecule has 0 bridgehead atoms. The molecule has 1 aliphatic heterocycles. The van der Waals surface area contributed by atoms with Crippen LogP contribution in [0.3, 0.4) is 0 Å². The van der Waals surface area contributed by atoms with Crippen LogP contribution in [0.4, 0.5) is 0 Å². The number of aromatic nitrogens is 4. The van der Waals surface area contributed by atoms with E-state index in [1.807, 2.05) is 47.5 Å². The normalized spacial score (nSPS) is 15.8. The van der Waals surface area contributed by atoms with Crippen molar-refractivity contribution in [2.24, 2.45) is 0 Å². The number of thiazole rings is 1. The molecule has 30 heavy (non-hydrogen) atoms. The van der Waals surface area contributed by atoms with Crippen LogP contribution in [-0.2, 0) is 6.54 Å². The Morgan fingerprint density at radius 3 is 2.70 bits per heavy atom. The summed E-state index contributed by atoms with van der Waals surface area (Å²) < 4.78 is 2.07. The Kier molecular flexibility index (Phi) is 4.80. The van der Waals surface area contributed by atoms with Gasteiger partial charge in [0.05, 0.1) is 6.04 Å². The second-order valence-corrected chi connectivity index (χ2v) is 8.88. The Balaban J connectivity index is 1.39. The Hall–Kier alpha value is -3.10. The highest BCUT2D eigenvalue weighted by molar-refractivity contribution is 7.13. The summed E-state index contributed by atoms with van der Waals surface area (Å²) >= 11 is 3.22. The lowest BCUT2D eigenvalue weighted by atomic mass is 10.1. The van der Waals surface area contributed by atoms with Crippen molar-refractivity contribution in [3.05, 3.63) is 70.1 Å². The minimum Gasteiger partial charge on any atom is -0.327 e. The molecule has 1 unspecified atom stereocenters. The van der Waals surface area contributed by atoms with Crippen LogP contribution in [0.25, 0.3) is 28.0 Å². The lowest BCUT2D eigenvalue weighted by Gasteiger charge is -2.33. The Bertz CT molecular complexity index is 1210. The van der Waals surface area contributed by atoms with Gasteiger partial charge < -0.3 is 9.47 Å². The quantitative estimate of drug-likeness (QED) is 0.455. The average Bonchev–Trinajstić information content (AvgIpc) is 3.54. The number of carbonyl (C=O) groups excluding carboxylic acids is 1. The van der Waals surface area contributed by atoms with Crippen LogP contribution in [0.5, 0.6) is 0 Å². The number of fused-ring (bicyclic) bond motifs is 1. The standard InChI is InChI=1S/C22H19N5OS2/c1-3-19-23-17(13-30-19)21-25-24-20-14(2)26(10-11-27(20)21)22(28)16-8-6-15(7-9-16)18-5-4-12-29-18/h3-9,12-14H,1,10-11H2,2H3. The van der Waals surface area contributed by atoms with Gasteiger partial charge in [-0.1, -0.05) is 24.8 Å². The number of nitrogens with zero attached hydrogens (tertiary/aromatic N) is 5. The van der Waals surface area contributed by atoms with Gasteiger partial charge in [0.2, 0.25) is 0 Å². The van der Waals surface area contributed by atoms with Gasteiger partial charge in [0.25, 0.3) is 5.91 Å². The van der Waals surface area contributed by atoms with Gasteiger partial charge in [0.1, 0.15) is 10.7 Å². The van der Waals surface area contributed by atoms with Crippen LogP contribution in [-0.4, -0.2) is 37.1 Å². The van der Waals surface area contributed by atoms with Gasteiger partial charge in [-0.2, -0.15) is 0 Å². The number of hydrogen-bond acceptors (Lipinski definition) is 6. The maximum absolute atomic E-state index is 13.2. The largest absolute Gasteiger partial charge is 0.327 e. The molecular formula is C22H19N5OS2. The third-order valence-electron chi connectivity index (χ3n) is 5.31. The minimum absolute atomic E-state index is 0.0126. The zero-order chi connectivity index (χ0) is 20.7. The molecule has 0 spiro atoms. The number of benzene rings is 1. The lowest BCUT2D eigenvalue weighted by Crippen LogP contribution is -2.41. The molecule has 8 heteroatoms. The van der Waals surface area contributed by atoms with Gasteiger partial charge in [-0.3, -0.25) is 4.79 Å². The van der Waals surface area contributed by atoms with E-state index in [2.05, 4.69) is 37.8 Å². The van der Waals surface area contributed by atoms with E-state index in [0.29, 0.717) is 18.7 Å². The van der Waals surface area contributed by atoms with E-state index >= 15 is 0 Å². The van der Waals surface area contributed by atoms with Gasteiger partial charge in [-0.15, -0.1) is 32.9 Å². The van der Waals surface area contributed by atoms with E-state index in [4.69, 9.17) is 0 Å². The molecule has 0 N–H and O–H groups in total. The molecule has 5 rings (SSSR count). The third kappa shape index (κ3) is 3.18. The minimum atomic E-state index is -0.165. The molecule has 0 saturated heterocycles. The van der Waals surface area contributed by atoms with Crippen molar-refractivity contribution in [1.82, 2.24) is 24.6 Å². The summed E-state index contributed by atoms with van der Waals surface area (Å²) in [5, 5.41) is 13.6. The number of hydrogen-bond donors (Lipinski definition) is 0. The fourth-order valence-electron chi connectivity index (χ4n) is 3.72. The van der Waals surface area contributed by atoms with E-state index in [1.54, 1.807) is 17.4 Å². The van der Waals surface area contributed by atoms with Crippen LogP contribution in [0, 0.1) is 0 Å². The second-order valence-electron chi connectivity index (χ2n) is 7.04. The Morgan fingerprint density at radius 1 is 1.17 bits per heavy atom. The van der Waals surface area contributed by atoms with Crippen molar-refractivity contribution in [2.75, 3.05) is 6.54 Å². The van der Waals surface area contributed by atoms with E-state index in [-0.39, 0.29) is 11.9 Å². The summed E-state index contributed by atoms with van der Waals surface area (Å²) in [5.74, 6) is 1.54. The maximum Gasteiger partial charge on any atom is 0.254 e. The number of rotatable bonds is 4.